The average molecular weight is 251 g/mol. The van der Waals surface area contributed by atoms with E-state index in [1.54, 1.807) is 11.3 Å². The molecule has 1 saturated heterocycles. The second kappa shape index (κ2) is 4.91. The van der Waals surface area contributed by atoms with Gasteiger partial charge in [0.05, 0.1) is 10.4 Å². The molecule has 1 fully saturated rings. The highest BCUT2D eigenvalue weighted by molar-refractivity contribution is 7.14. The lowest BCUT2D eigenvalue weighted by Crippen LogP contribution is -2.51. The van der Waals surface area contributed by atoms with Crippen LogP contribution in [-0.4, -0.2) is 29.3 Å². The van der Waals surface area contributed by atoms with Crippen LogP contribution in [0.5, 0.6) is 0 Å². The quantitative estimate of drug-likeness (QED) is 0.766. The number of ketones is 1. The minimum Gasteiger partial charge on any atom is -0.291 e. The van der Waals surface area contributed by atoms with E-state index in [9.17, 15) is 4.79 Å². The minimum atomic E-state index is -0.349. The number of hydrogen-bond donors (Lipinski definition) is 0. The Morgan fingerprint density at radius 1 is 1.24 bits per heavy atom. The molecule has 0 amide bonds. The molecule has 17 heavy (non-hydrogen) atoms. The molecule has 1 aliphatic heterocycles. The fourth-order valence-corrected chi connectivity index (χ4v) is 3.42. The fraction of sp³-hybridized carbons (Fsp3) is 0.643. The van der Waals surface area contributed by atoms with Crippen LogP contribution in [0, 0.1) is 6.92 Å². The summed E-state index contributed by atoms with van der Waals surface area (Å²) in [6.45, 7) is 8.30. The van der Waals surface area contributed by atoms with Gasteiger partial charge in [-0.15, -0.1) is 11.3 Å². The molecule has 0 atom stereocenters. The van der Waals surface area contributed by atoms with Gasteiger partial charge >= 0.3 is 0 Å². The Kier molecular flexibility index (Phi) is 3.69. The molecule has 0 unspecified atom stereocenters. The first-order valence-electron chi connectivity index (χ1n) is 6.38. The van der Waals surface area contributed by atoms with E-state index in [1.165, 1.54) is 24.1 Å². The lowest BCUT2D eigenvalue weighted by molar-refractivity contribution is 0.0583. The van der Waals surface area contributed by atoms with Gasteiger partial charge < -0.3 is 0 Å². The van der Waals surface area contributed by atoms with Crippen molar-refractivity contribution in [2.75, 3.05) is 13.1 Å². The Morgan fingerprint density at radius 3 is 2.41 bits per heavy atom. The van der Waals surface area contributed by atoms with Gasteiger partial charge in [0.25, 0.3) is 0 Å². The van der Waals surface area contributed by atoms with Crippen LogP contribution in [0.15, 0.2) is 12.1 Å². The predicted molar refractivity (Wildman–Crippen MR) is 72.9 cm³/mol. The zero-order chi connectivity index (χ0) is 12.5. The fourth-order valence-electron chi connectivity index (χ4n) is 2.45. The monoisotopic (exact) mass is 251 g/mol. The van der Waals surface area contributed by atoms with Crippen LogP contribution in [0.1, 0.15) is 47.7 Å². The first-order chi connectivity index (χ1) is 8.01. The Balaban J connectivity index is 2.16. The van der Waals surface area contributed by atoms with Crippen LogP contribution in [0.25, 0.3) is 0 Å². The molecule has 3 heteroatoms. The van der Waals surface area contributed by atoms with Crippen LogP contribution in [-0.2, 0) is 0 Å². The van der Waals surface area contributed by atoms with Crippen molar-refractivity contribution in [3.63, 3.8) is 0 Å². The molecule has 94 valence electrons. The van der Waals surface area contributed by atoms with Gasteiger partial charge in [-0.1, -0.05) is 6.42 Å². The van der Waals surface area contributed by atoms with E-state index in [4.69, 9.17) is 0 Å². The van der Waals surface area contributed by atoms with Crippen LogP contribution >= 0.6 is 11.3 Å². The third-order valence-electron chi connectivity index (χ3n) is 3.67. The van der Waals surface area contributed by atoms with Crippen molar-refractivity contribution >= 4 is 17.1 Å². The number of nitrogens with zero attached hydrogens (tertiary/aromatic N) is 1. The third-order valence-corrected chi connectivity index (χ3v) is 4.67. The number of hydrogen-bond acceptors (Lipinski definition) is 3. The van der Waals surface area contributed by atoms with Gasteiger partial charge in [0.15, 0.2) is 5.78 Å². The largest absolute Gasteiger partial charge is 0.291 e. The summed E-state index contributed by atoms with van der Waals surface area (Å²) in [4.78, 5) is 17.0. The van der Waals surface area contributed by atoms with Crippen molar-refractivity contribution in [2.24, 2.45) is 0 Å². The van der Waals surface area contributed by atoms with E-state index in [2.05, 4.69) is 25.7 Å². The highest BCUT2D eigenvalue weighted by Gasteiger charge is 2.36. The molecule has 1 aromatic heterocycles. The summed E-state index contributed by atoms with van der Waals surface area (Å²) in [5, 5.41) is 0. The number of rotatable bonds is 3. The van der Waals surface area contributed by atoms with Gasteiger partial charge in [-0.2, -0.15) is 0 Å². The lowest BCUT2D eigenvalue weighted by Gasteiger charge is -2.39. The summed E-state index contributed by atoms with van der Waals surface area (Å²) in [6.07, 6.45) is 3.75. The molecular weight excluding hydrogens is 230 g/mol. The average Bonchev–Trinajstić information content (AvgIpc) is 2.76. The molecule has 0 radical (unpaired) electrons. The van der Waals surface area contributed by atoms with Gasteiger partial charge in [-0.05, 0) is 58.8 Å². The molecule has 2 heterocycles. The second-order valence-electron chi connectivity index (χ2n) is 5.35. The van der Waals surface area contributed by atoms with Crippen LogP contribution < -0.4 is 0 Å². The van der Waals surface area contributed by atoms with E-state index in [0.717, 1.165) is 18.0 Å². The standard InChI is InChI=1S/C14H21NOS/c1-11-7-8-12(17-11)13(16)14(2,3)15-9-5-4-6-10-15/h7-8H,4-6,9-10H2,1-3H3. The Labute approximate surface area is 108 Å². The van der Waals surface area contributed by atoms with E-state index in [1.807, 2.05) is 12.1 Å². The highest BCUT2D eigenvalue weighted by atomic mass is 32.1. The van der Waals surface area contributed by atoms with Gasteiger partial charge in [0, 0.05) is 4.88 Å². The van der Waals surface area contributed by atoms with E-state index < -0.39 is 0 Å². The van der Waals surface area contributed by atoms with Gasteiger partial charge in [0.1, 0.15) is 0 Å². The van der Waals surface area contributed by atoms with Crippen molar-refractivity contribution in [2.45, 2.75) is 45.6 Å². The van der Waals surface area contributed by atoms with Crippen molar-refractivity contribution in [1.29, 1.82) is 0 Å². The first-order valence-corrected chi connectivity index (χ1v) is 7.20. The molecule has 0 aromatic carbocycles. The lowest BCUT2D eigenvalue weighted by atomic mass is 9.93. The number of aryl methyl sites for hydroxylation is 1. The number of carbonyl (C=O) groups excluding carboxylic acids is 1. The number of Topliss-reactive ketones (excluding diaryl/α,β-unsaturated/α-hetero) is 1. The van der Waals surface area contributed by atoms with E-state index in [-0.39, 0.29) is 11.3 Å². The summed E-state index contributed by atoms with van der Waals surface area (Å²) >= 11 is 1.61. The Hall–Kier alpha value is -0.670. The predicted octanol–water partition coefficient (Wildman–Crippen LogP) is 3.50. The summed E-state index contributed by atoms with van der Waals surface area (Å²) < 4.78 is 0. The van der Waals surface area contributed by atoms with Gasteiger partial charge in [-0.3, -0.25) is 9.69 Å². The van der Waals surface area contributed by atoms with Crippen LogP contribution in [0.4, 0.5) is 0 Å². The molecular formula is C14H21NOS. The maximum Gasteiger partial charge on any atom is 0.192 e. The first kappa shape index (κ1) is 12.8. The normalized spacial score (nSPS) is 18.3. The molecule has 2 nitrogen and oxygen atoms in total. The zero-order valence-corrected chi connectivity index (χ0v) is 11.8. The van der Waals surface area contributed by atoms with Gasteiger partial charge in [0.2, 0.25) is 0 Å². The maximum atomic E-state index is 12.5. The minimum absolute atomic E-state index is 0.275. The molecule has 0 spiro atoms. The van der Waals surface area contributed by atoms with Crippen LogP contribution in [0.2, 0.25) is 0 Å². The summed E-state index contributed by atoms with van der Waals surface area (Å²) in [6, 6.07) is 4.00. The number of likely N-dealkylation sites (tertiary alicyclic amines) is 1. The molecule has 0 saturated carbocycles. The van der Waals surface area contributed by atoms with Crippen LogP contribution in [0.3, 0.4) is 0 Å². The molecule has 0 N–H and O–H groups in total. The maximum absolute atomic E-state index is 12.5. The summed E-state index contributed by atoms with van der Waals surface area (Å²) in [7, 11) is 0. The highest BCUT2D eigenvalue weighted by Crippen LogP contribution is 2.27. The number of carbonyl (C=O) groups is 1. The molecule has 1 aromatic rings. The molecule has 1 aliphatic rings. The SMILES string of the molecule is Cc1ccc(C(=O)C(C)(C)N2CCCCC2)s1. The Bertz CT molecular complexity index is 402. The van der Waals surface area contributed by atoms with Crippen molar-refractivity contribution in [3.05, 3.63) is 21.9 Å². The van der Waals surface area contributed by atoms with E-state index >= 15 is 0 Å². The summed E-state index contributed by atoms with van der Waals surface area (Å²) in [5.74, 6) is 0.275. The number of thiophene rings is 1. The van der Waals surface area contributed by atoms with Crippen molar-refractivity contribution < 1.29 is 4.79 Å². The van der Waals surface area contributed by atoms with Gasteiger partial charge in [-0.25, -0.2) is 0 Å². The molecule has 0 bridgehead atoms. The zero-order valence-electron chi connectivity index (χ0n) is 11.0. The van der Waals surface area contributed by atoms with Crippen molar-refractivity contribution in [1.82, 2.24) is 4.90 Å². The molecule has 0 aliphatic carbocycles. The topological polar surface area (TPSA) is 20.3 Å². The number of piperidine rings is 1. The second-order valence-corrected chi connectivity index (χ2v) is 6.63. The van der Waals surface area contributed by atoms with Crippen molar-refractivity contribution in [3.8, 4) is 0 Å². The third kappa shape index (κ3) is 2.61. The summed E-state index contributed by atoms with van der Waals surface area (Å²) in [5.41, 5.74) is -0.349. The van der Waals surface area contributed by atoms with E-state index in [0.29, 0.717) is 0 Å². The Morgan fingerprint density at radius 2 is 1.88 bits per heavy atom. The smallest absolute Gasteiger partial charge is 0.192 e. The molecule has 2 rings (SSSR count).